The molecular formula is C26H26N4O3. The molecule has 7 nitrogen and oxygen atoms in total. The van der Waals surface area contributed by atoms with Gasteiger partial charge in [-0.25, -0.2) is 4.68 Å². The highest BCUT2D eigenvalue weighted by molar-refractivity contribution is 6.04. The van der Waals surface area contributed by atoms with Crippen molar-refractivity contribution in [2.45, 2.75) is 27.0 Å². The van der Waals surface area contributed by atoms with Gasteiger partial charge < -0.3 is 14.8 Å². The average molecular weight is 443 g/mol. The Bertz CT molecular complexity index is 1210. The highest BCUT2D eigenvalue weighted by Crippen LogP contribution is 2.30. The van der Waals surface area contributed by atoms with E-state index in [2.05, 4.69) is 15.4 Å². The standard InChI is InChI=1S/C26H26N4O3/c1-3-32-24-16-22(9-10-23(24)33-18-21-11-13-27-14-12-21)26(31)28-25-15-19(2)29-30(25)17-20-7-5-4-6-8-20/h4-16H,3,17-18H2,1-2H3,(H,28,31). The van der Waals surface area contributed by atoms with Gasteiger partial charge >= 0.3 is 0 Å². The fourth-order valence-electron chi connectivity index (χ4n) is 3.39. The lowest BCUT2D eigenvalue weighted by molar-refractivity contribution is 0.102. The highest BCUT2D eigenvalue weighted by atomic mass is 16.5. The monoisotopic (exact) mass is 442 g/mol. The number of aryl methyl sites for hydroxylation is 1. The summed E-state index contributed by atoms with van der Waals surface area (Å²) < 4.78 is 13.4. The van der Waals surface area contributed by atoms with Crippen molar-refractivity contribution in [1.29, 1.82) is 0 Å². The van der Waals surface area contributed by atoms with E-state index in [1.165, 1.54) is 0 Å². The Morgan fingerprint density at radius 3 is 2.48 bits per heavy atom. The predicted octanol–water partition coefficient (Wildman–Crippen LogP) is 4.86. The smallest absolute Gasteiger partial charge is 0.256 e. The molecule has 1 amide bonds. The first kappa shape index (κ1) is 22.1. The molecule has 0 radical (unpaired) electrons. The summed E-state index contributed by atoms with van der Waals surface area (Å²) in [5.41, 5.74) is 3.40. The van der Waals surface area contributed by atoms with E-state index in [0.717, 1.165) is 16.8 Å². The summed E-state index contributed by atoms with van der Waals surface area (Å²) in [4.78, 5) is 17.0. The van der Waals surface area contributed by atoms with E-state index in [-0.39, 0.29) is 5.91 Å². The molecule has 7 heteroatoms. The fourth-order valence-corrected chi connectivity index (χ4v) is 3.39. The molecule has 0 bridgehead atoms. The zero-order valence-corrected chi connectivity index (χ0v) is 18.7. The number of amides is 1. The van der Waals surface area contributed by atoms with Gasteiger partial charge in [0, 0.05) is 24.0 Å². The Balaban J connectivity index is 1.50. The SMILES string of the molecule is CCOc1cc(C(=O)Nc2cc(C)nn2Cc2ccccc2)ccc1OCc1ccncc1. The summed E-state index contributed by atoms with van der Waals surface area (Å²) in [6, 6.07) is 20.8. The van der Waals surface area contributed by atoms with E-state index in [4.69, 9.17) is 9.47 Å². The number of nitrogens with one attached hydrogen (secondary N) is 1. The maximum atomic E-state index is 13.0. The van der Waals surface area contributed by atoms with Gasteiger partial charge in [0.2, 0.25) is 0 Å². The topological polar surface area (TPSA) is 78.3 Å². The molecule has 33 heavy (non-hydrogen) atoms. The van der Waals surface area contributed by atoms with Crippen LogP contribution in [0.5, 0.6) is 11.5 Å². The van der Waals surface area contributed by atoms with Gasteiger partial charge in [0.1, 0.15) is 12.4 Å². The van der Waals surface area contributed by atoms with Gasteiger partial charge in [-0.3, -0.25) is 9.78 Å². The van der Waals surface area contributed by atoms with Crippen LogP contribution in [0.2, 0.25) is 0 Å². The summed E-state index contributed by atoms with van der Waals surface area (Å²) in [5, 5.41) is 7.49. The van der Waals surface area contributed by atoms with Gasteiger partial charge in [0.05, 0.1) is 18.8 Å². The first-order chi connectivity index (χ1) is 16.1. The summed E-state index contributed by atoms with van der Waals surface area (Å²) >= 11 is 0. The Labute approximate surface area is 193 Å². The molecule has 0 aliphatic heterocycles. The number of benzene rings is 2. The Morgan fingerprint density at radius 2 is 1.73 bits per heavy atom. The molecule has 1 N–H and O–H groups in total. The third-order valence-electron chi connectivity index (χ3n) is 4.97. The molecule has 0 unspecified atom stereocenters. The van der Waals surface area contributed by atoms with Gasteiger partial charge in [-0.15, -0.1) is 0 Å². The van der Waals surface area contributed by atoms with E-state index in [0.29, 0.717) is 42.6 Å². The number of ether oxygens (including phenoxy) is 2. The number of carbonyl (C=O) groups is 1. The van der Waals surface area contributed by atoms with Gasteiger partial charge in [-0.05, 0) is 55.3 Å². The second-order valence-corrected chi connectivity index (χ2v) is 7.51. The summed E-state index contributed by atoms with van der Waals surface area (Å²) in [6.07, 6.45) is 3.44. The molecule has 0 fully saturated rings. The first-order valence-electron chi connectivity index (χ1n) is 10.8. The Hall–Kier alpha value is -4.13. The van der Waals surface area contributed by atoms with E-state index in [9.17, 15) is 4.79 Å². The van der Waals surface area contributed by atoms with Crippen LogP contribution in [0, 0.1) is 6.92 Å². The summed E-state index contributed by atoms with van der Waals surface area (Å²) in [7, 11) is 0. The largest absolute Gasteiger partial charge is 0.490 e. The molecule has 4 rings (SSSR count). The van der Waals surface area contributed by atoms with Crippen molar-refractivity contribution in [3.05, 3.63) is 102 Å². The second kappa shape index (κ2) is 10.5. The van der Waals surface area contributed by atoms with E-state index in [1.54, 1.807) is 35.3 Å². The van der Waals surface area contributed by atoms with Crippen LogP contribution in [0.15, 0.2) is 79.1 Å². The quantitative estimate of drug-likeness (QED) is 0.400. The van der Waals surface area contributed by atoms with Crippen LogP contribution in [0.4, 0.5) is 5.82 Å². The minimum absolute atomic E-state index is 0.245. The molecule has 0 atom stereocenters. The Morgan fingerprint density at radius 1 is 0.939 bits per heavy atom. The number of nitrogens with zero attached hydrogens (tertiary/aromatic N) is 3. The molecule has 2 aromatic carbocycles. The van der Waals surface area contributed by atoms with Crippen molar-refractivity contribution in [2.24, 2.45) is 0 Å². The van der Waals surface area contributed by atoms with E-state index < -0.39 is 0 Å². The average Bonchev–Trinajstić information content (AvgIpc) is 3.17. The zero-order chi connectivity index (χ0) is 23.0. The highest BCUT2D eigenvalue weighted by Gasteiger charge is 2.15. The predicted molar refractivity (Wildman–Crippen MR) is 127 cm³/mol. The fraction of sp³-hybridized carbons (Fsp3) is 0.192. The normalized spacial score (nSPS) is 10.6. The van der Waals surface area contributed by atoms with Crippen LogP contribution in [-0.2, 0) is 13.2 Å². The van der Waals surface area contributed by atoms with Crippen LogP contribution >= 0.6 is 0 Å². The van der Waals surface area contributed by atoms with E-state index >= 15 is 0 Å². The molecule has 168 valence electrons. The van der Waals surface area contributed by atoms with Crippen molar-refractivity contribution < 1.29 is 14.3 Å². The van der Waals surface area contributed by atoms with Crippen molar-refractivity contribution >= 4 is 11.7 Å². The molecule has 0 spiro atoms. The minimum Gasteiger partial charge on any atom is -0.490 e. The van der Waals surface area contributed by atoms with E-state index in [1.807, 2.05) is 62.4 Å². The van der Waals surface area contributed by atoms with Crippen LogP contribution < -0.4 is 14.8 Å². The molecule has 4 aromatic rings. The van der Waals surface area contributed by atoms with Crippen molar-refractivity contribution in [2.75, 3.05) is 11.9 Å². The number of hydrogen-bond acceptors (Lipinski definition) is 5. The molecule has 2 heterocycles. The molecule has 2 aromatic heterocycles. The number of aromatic nitrogens is 3. The number of anilines is 1. The molecule has 0 aliphatic carbocycles. The van der Waals surface area contributed by atoms with Crippen LogP contribution in [-0.4, -0.2) is 27.3 Å². The molecule has 0 saturated carbocycles. The van der Waals surface area contributed by atoms with Crippen LogP contribution in [0.3, 0.4) is 0 Å². The van der Waals surface area contributed by atoms with Gasteiger partial charge in [0.15, 0.2) is 11.5 Å². The van der Waals surface area contributed by atoms with Crippen LogP contribution in [0.1, 0.15) is 34.1 Å². The maximum absolute atomic E-state index is 13.0. The lowest BCUT2D eigenvalue weighted by Gasteiger charge is -2.14. The maximum Gasteiger partial charge on any atom is 0.256 e. The van der Waals surface area contributed by atoms with Crippen LogP contribution in [0.25, 0.3) is 0 Å². The third-order valence-corrected chi connectivity index (χ3v) is 4.97. The summed E-state index contributed by atoms with van der Waals surface area (Å²) in [5.74, 6) is 1.49. The Kier molecular flexibility index (Phi) is 6.99. The minimum atomic E-state index is -0.245. The number of rotatable bonds is 9. The molecule has 0 saturated heterocycles. The van der Waals surface area contributed by atoms with Gasteiger partial charge in [-0.1, -0.05) is 30.3 Å². The number of hydrogen-bond donors (Lipinski definition) is 1. The molecular weight excluding hydrogens is 416 g/mol. The van der Waals surface area contributed by atoms with Gasteiger partial charge in [-0.2, -0.15) is 5.10 Å². The lowest BCUT2D eigenvalue weighted by atomic mass is 10.2. The first-order valence-corrected chi connectivity index (χ1v) is 10.8. The molecule has 0 aliphatic rings. The number of carbonyl (C=O) groups excluding carboxylic acids is 1. The second-order valence-electron chi connectivity index (χ2n) is 7.51. The van der Waals surface area contributed by atoms with Crippen molar-refractivity contribution in [3.63, 3.8) is 0 Å². The van der Waals surface area contributed by atoms with Gasteiger partial charge in [0.25, 0.3) is 5.91 Å². The van der Waals surface area contributed by atoms with Crippen molar-refractivity contribution in [3.8, 4) is 11.5 Å². The zero-order valence-electron chi connectivity index (χ0n) is 18.7. The van der Waals surface area contributed by atoms with Crippen molar-refractivity contribution in [1.82, 2.24) is 14.8 Å². The third kappa shape index (κ3) is 5.77. The lowest BCUT2D eigenvalue weighted by Crippen LogP contribution is -2.16. The number of pyridine rings is 1. The summed E-state index contributed by atoms with van der Waals surface area (Å²) in [6.45, 7) is 5.20.